The molecule has 1 aromatic carbocycles. The fraction of sp³-hybridized carbons (Fsp3) is 0.533. The molecule has 0 spiro atoms. The Hall–Kier alpha value is -0.870. The number of hydrogen-bond acceptors (Lipinski definition) is 2. The third-order valence-electron chi connectivity index (χ3n) is 3.93. The molecule has 3 nitrogen and oxygen atoms in total. The summed E-state index contributed by atoms with van der Waals surface area (Å²) < 4.78 is 0.970. The van der Waals surface area contributed by atoms with Gasteiger partial charge in [0.05, 0.1) is 0 Å². The Morgan fingerprint density at radius 3 is 2.68 bits per heavy atom. The van der Waals surface area contributed by atoms with E-state index in [1.54, 1.807) is 0 Å². The summed E-state index contributed by atoms with van der Waals surface area (Å²) >= 11 is 3.42. The lowest BCUT2D eigenvalue weighted by atomic mass is 9.82. The zero-order valence-electron chi connectivity index (χ0n) is 11.2. The van der Waals surface area contributed by atoms with Crippen molar-refractivity contribution < 1.29 is 9.90 Å². The van der Waals surface area contributed by atoms with Gasteiger partial charge in [-0.2, -0.15) is 0 Å². The summed E-state index contributed by atoms with van der Waals surface area (Å²) in [6.07, 6.45) is 3.66. The molecule has 0 atom stereocenters. The summed E-state index contributed by atoms with van der Waals surface area (Å²) in [5.74, 6) is 0.579. The van der Waals surface area contributed by atoms with E-state index in [4.69, 9.17) is 5.11 Å². The molecule has 0 aromatic heterocycles. The summed E-state index contributed by atoms with van der Waals surface area (Å²) in [6, 6.07) is 5.90. The van der Waals surface area contributed by atoms with Crippen LogP contribution in [-0.2, 0) is 4.79 Å². The van der Waals surface area contributed by atoms with Crippen LogP contribution in [0.4, 0.5) is 5.69 Å². The summed E-state index contributed by atoms with van der Waals surface area (Å²) in [5, 5.41) is 12.1. The first-order chi connectivity index (χ1) is 9.10. The number of aliphatic hydroxyl groups excluding tert-OH is 1. The largest absolute Gasteiger partial charge is 0.396 e. The highest BCUT2D eigenvalue weighted by Gasteiger charge is 2.26. The van der Waals surface area contributed by atoms with Crippen LogP contribution in [0.2, 0.25) is 0 Å². The van der Waals surface area contributed by atoms with Crippen LogP contribution in [0, 0.1) is 18.8 Å². The Labute approximate surface area is 122 Å². The molecule has 0 heterocycles. The van der Waals surface area contributed by atoms with E-state index in [2.05, 4.69) is 21.2 Å². The van der Waals surface area contributed by atoms with Gasteiger partial charge < -0.3 is 10.4 Å². The highest BCUT2D eigenvalue weighted by molar-refractivity contribution is 9.10. The number of carbonyl (C=O) groups excluding carboxylic acids is 1. The van der Waals surface area contributed by atoms with E-state index in [0.717, 1.165) is 41.4 Å². The predicted octanol–water partition coefficient (Wildman–Crippen LogP) is 3.49. The summed E-state index contributed by atoms with van der Waals surface area (Å²) in [4.78, 5) is 12.2. The van der Waals surface area contributed by atoms with E-state index in [9.17, 15) is 4.79 Å². The maximum absolute atomic E-state index is 12.2. The van der Waals surface area contributed by atoms with Gasteiger partial charge in [-0.1, -0.05) is 22.0 Å². The number of benzene rings is 1. The van der Waals surface area contributed by atoms with Crippen LogP contribution in [0.1, 0.15) is 31.2 Å². The van der Waals surface area contributed by atoms with Gasteiger partial charge in [0.25, 0.3) is 0 Å². The van der Waals surface area contributed by atoms with Crippen LogP contribution >= 0.6 is 15.9 Å². The Morgan fingerprint density at radius 2 is 2.05 bits per heavy atom. The average Bonchev–Trinajstić information content (AvgIpc) is 2.43. The summed E-state index contributed by atoms with van der Waals surface area (Å²) in [6.45, 7) is 2.24. The first-order valence-corrected chi connectivity index (χ1v) is 7.57. The second-order valence-electron chi connectivity index (χ2n) is 5.35. The van der Waals surface area contributed by atoms with Crippen molar-refractivity contribution in [3.63, 3.8) is 0 Å². The molecular weight excluding hydrogens is 306 g/mol. The van der Waals surface area contributed by atoms with E-state index in [1.165, 1.54) is 0 Å². The molecule has 1 aliphatic carbocycles. The first-order valence-electron chi connectivity index (χ1n) is 6.78. The Kier molecular flexibility index (Phi) is 4.99. The van der Waals surface area contributed by atoms with Crippen LogP contribution in [0.3, 0.4) is 0 Å². The molecule has 19 heavy (non-hydrogen) atoms. The second-order valence-corrected chi connectivity index (χ2v) is 6.26. The van der Waals surface area contributed by atoms with E-state index in [1.807, 2.05) is 25.1 Å². The molecule has 0 unspecified atom stereocenters. The number of anilines is 1. The molecule has 1 aliphatic rings. The van der Waals surface area contributed by atoms with Crippen molar-refractivity contribution in [1.29, 1.82) is 0 Å². The number of aliphatic hydroxyl groups is 1. The molecule has 0 saturated heterocycles. The molecule has 0 bridgehead atoms. The Bertz CT molecular complexity index is 453. The van der Waals surface area contributed by atoms with Crippen molar-refractivity contribution in [2.24, 2.45) is 11.8 Å². The number of rotatable bonds is 3. The van der Waals surface area contributed by atoms with Crippen molar-refractivity contribution in [3.8, 4) is 0 Å². The number of nitrogens with one attached hydrogen (secondary N) is 1. The number of hydrogen-bond donors (Lipinski definition) is 2. The minimum absolute atomic E-state index is 0.0844. The van der Waals surface area contributed by atoms with Crippen molar-refractivity contribution in [3.05, 3.63) is 28.2 Å². The van der Waals surface area contributed by atoms with Gasteiger partial charge >= 0.3 is 0 Å². The molecule has 0 aliphatic heterocycles. The highest BCUT2D eigenvalue weighted by atomic mass is 79.9. The standard InChI is InChI=1S/C15H20BrNO2/c1-10-2-7-13(16)8-14(10)17-15(19)12-5-3-11(9-18)4-6-12/h2,7-8,11-12,18H,3-6,9H2,1H3,(H,17,19). The van der Waals surface area contributed by atoms with Crippen LogP contribution in [0.5, 0.6) is 0 Å². The van der Waals surface area contributed by atoms with Gasteiger partial charge in [-0.25, -0.2) is 0 Å². The Morgan fingerprint density at radius 1 is 1.37 bits per heavy atom. The molecule has 2 rings (SSSR count). The first kappa shape index (κ1) is 14.5. The van der Waals surface area contributed by atoms with E-state index in [-0.39, 0.29) is 18.4 Å². The van der Waals surface area contributed by atoms with Crippen LogP contribution in [0.25, 0.3) is 0 Å². The number of halogens is 1. The maximum atomic E-state index is 12.2. The molecule has 4 heteroatoms. The van der Waals surface area contributed by atoms with Gasteiger partial charge in [0.15, 0.2) is 0 Å². The molecule has 1 aromatic rings. The molecule has 1 saturated carbocycles. The minimum atomic E-state index is 0.0844. The molecule has 0 radical (unpaired) electrons. The summed E-state index contributed by atoms with van der Waals surface area (Å²) in [7, 11) is 0. The average molecular weight is 326 g/mol. The van der Waals surface area contributed by atoms with Gasteiger partial charge in [0.2, 0.25) is 5.91 Å². The minimum Gasteiger partial charge on any atom is -0.396 e. The SMILES string of the molecule is Cc1ccc(Br)cc1NC(=O)C1CCC(CO)CC1. The lowest BCUT2D eigenvalue weighted by molar-refractivity contribution is -0.121. The fourth-order valence-corrected chi connectivity index (χ4v) is 2.93. The third kappa shape index (κ3) is 3.80. The molecule has 1 amide bonds. The number of amides is 1. The van der Waals surface area contributed by atoms with E-state index in [0.29, 0.717) is 5.92 Å². The zero-order chi connectivity index (χ0) is 13.8. The molecular formula is C15H20BrNO2. The topological polar surface area (TPSA) is 49.3 Å². The predicted molar refractivity (Wildman–Crippen MR) is 80.0 cm³/mol. The molecule has 104 valence electrons. The van der Waals surface area contributed by atoms with Crippen LogP contribution < -0.4 is 5.32 Å². The van der Waals surface area contributed by atoms with Gasteiger partial charge in [0, 0.05) is 22.7 Å². The number of aryl methyl sites for hydroxylation is 1. The van der Waals surface area contributed by atoms with E-state index < -0.39 is 0 Å². The molecule has 2 N–H and O–H groups in total. The van der Waals surface area contributed by atoms with Crippen LogP contribution in [0.15, 0.2) is 22.7 Å². The molecule has 1 fully saturated rings. The lowest BCUT2D eigenvalue weighted by Crippen LogP contribution is -2.28. The van der Waals surface area contributed by atoms with Crippen molar-refractivity contribution >= 4 is 27.5 Å². The van der Waals surface area contributed by atoms with E-state index >= 15 is 0 Å². The fourth-order valence-electron chi connectivity index (χ4n) is 2.57. The highest BCUT2D eigenvalue weighted by Crippen LogP contribution is 2.30. The van der Waals surface area contributed by atoms with Crippen LogP contribution in [-0.4, -0.2) is 17.6 Å². The monoisotopic (exact) mass is 325 g/mol. The van der Waals surface area contributed by atoms with Crippen molar-refractivity contribution in [2.45, 2.75) is 32.6 Å². The zero-order valence-corrected chi connectivity index (χ0v) is 12.7. The quantitative estimate of drug-likeness (QED) is 0.893. The van der Waals surface area contributed by atoms with Crippen molar-refractivity contribution in [2.75, 3.05) is 11.9 Å². The van der Waals surface area contributed by atoms with Gasteiger partial charge in [-0.3, -0.25) is 4.79 Å². The van der Waals surface area contributed by atoms with Gasteiger partial charge in [-0.15, -0.1) is 0 Å². The van der Waals surface area contributed by atoms with Gasteiger partial charge in [-0.05, 0) is 56.2 Å². The number of carbonyl (C=O) groups is 1. The smallest absolute Gasteiger partial charge is 0.227 e. The normalized spacial score (nSPS) is 23.1. The second kappa shape index (κ2) is 6.53. The lowest BCUT2D eigenvalue weighted by Gasteiger charge is -2.26. The van der Waals surface area contributed by atoms with Crippen molar-refractivity contribution in [1.82, 2.24) is 0 Å². The third-order valence-corrected chi connectivity index (χ3v) is 4.43. The van der Waals surface area contributed by atoms with Gasteiger partial charge in [0.1, 0.15) is 0 Å². The summed E-state index contributed by atoms with van der Waals surface area (Å²) in [5.41, 5.74) is 1.95. The maximum Gasteiger partial charge on any atom is 0.227 e. The Balaban J connectivity index is 1.96.